The standard InChI is InChI=1S/C20H26N2O3/c23-19(17-4-2-1-3-5-17)22-10-18-12-25-15-20(18,13-22)14-24-11-16-6-8-21-9-7-16/h4,6-9,18H,1-3,5,10-15H2/t18-,20-/m1/s1. The Kier molecular flexibility index (Phi) is 4.86. The lowest BCUT2D eigenvalue weighted by molar-refractivity contribution is -0.127. The van der Waals surface area contributed by atoms with Gasteiger partial charge in [0, 0.05) is 42.4 Å². The Morgan fingerprint density at radius 1 is 1.36 bits per heavy atom. The first-order chi connectivity index (χ1) is 12.3. The minimum Gasteiger partial charge on any atom is -0.380 e. The number of pyridine rings is 1. The van der Waals surface area contributed by atoms with Gasteiger partial charge in [-0.25, -0.2) is 0 Å². The number of hydrogen-bond donors (Lipinski definition) is 0. The lowest BCUT2D eigenvalue weighted by Crippen LogP contribution is -2.37. The normalized spacial score (nSPS) is 28.7. The van der Waals surface area contributed by atoms with Crippen molar-refractivity contribution in [3.05, 3.63) is 41.7 Å². The Balaban J connectivity index is 1.38. The highest BCUT2D eigenvalue weighted by molar-refractivity contribution is 5.93. The van der Waals surface area contributed by atoms with E-state index in [1.807, 2.05) is 17.0 Å². The summed E-state index contributed by atoms with van der Waals surface area (Å²) in [5.41, 5.74) is 2.10. The van der Waals surface area contributed by atoms with Crippen molar-refractivity contribution < 1.29 is 14.3 Å². The topological polar surface area (TPSA) is 51.7 Å². The second-order valence-corrected chi connectivity index (χ2v) is 7.58. The van der Waals surface area contributed by atoms with Crippen LogP contribution in [0, 0.1) is 11.3 Å². The summed E-state index contributed by atoms with van der Waals surface area (Å²) in [4.78, 5) is 18.9. The van der Waals surface area contributed by atoms with Gasteiger partial charge in [-0.05, 0) is 43.4 Å². The van der Waals surface area contributed by atoms with Crippen LogP contribution in [0.3, 0.4) is 0 Å². The summed E-state index contributed by atoms with van der Waals surface area (Å²) < 4.78 is 11.8. The maximum absolute atomic E-state index is 12.8. The molecule has 1 aliphatic carbocycles. The molecule has 134 valence electrons. The molecule has 0 bridgehead atoms. The van der Waals surface area contributed by atoms with Crippen LogP contribution in [0.2, 0.25) is 0 Å². The van der Waals surface area contributed by atoms with Crippen molar-refractivity contribution in [3.8, 4) is 0 Å². The summed E-state index contributed by atoms with van der Waals surface area (Å²) in [6, 6.07) is 3.95. The summed E-state index contributed by atoms with van der Waals surface area (Å²) >= 11 is 0. The number of nitrogens with zero attached hydrogens (tertiary/aromatic N) is 2. The van der Waals surface area contributed by atoms with Crippen molar-refractivity contribution in [2.45, 2.75) is 32.3 Å². The summed E-state index contributed by atoms with van der Waals surface area (Å²) in [7, 11) is 0. The molecule has 2 atom stereocenters. The number of fused-ring (bicyclic) bond motifs is 1. The minimum atomic E-state index is -0.0437. The van der Waals surface area contributed by atoms with Gasteiger partial charge in [-0.1, -0.05) is 6.08 Å². The zero-order valence-electron chi connectivity index (χ0n) is 14.7. The van der Waals surface area contributed by atoms with E-state index in [1.165, 1.54) is 6.42 Å². The van der Waals surface area contributed by atoms with E-state index in [2.05, 4.69) is 11.1 Å². The van der Waals surface area contributed by atoms with E-state index in [0.29, 0.717) is 25.7 Å². The second-order valence-electron chi connectivity index (χ2n) is 7.58. The van der Waals surface area contributed by atoms with Crippen molar-refractivity contribution in [3.63, 3.8) is 0 Å². The summed E-state index contributed by atoms with van der Waals surface area (Å²) in [5, 5.41) is 0. The molecule has 0 N–H and O–H groups in total. The predicted molar refractivity (Wildman–Crippen MR) is 93.8 cm³/mol. The fourth-order valence-corrected chi connectivity index (χ4v) is 4.28. The van der Waals surface area contributed by atoms with E-state index in [0.717, 1.165) is 50.1 Å². The molecule has 1 aromatic heterocycles. The number of aromatic nitrogens is 1. The molecule has 5 nitrogen and oxygen atoms in total. The van der Waals surface area contributed by atoms with Crippen molar-refractivity contribution in [2.75, 3.05) is 32.9 Å². The highest BCUT2D eigenvalue weighted by Crippen LogP contribution is 2.42. The van der Waals surface area contributed by atoms with Crippen LogP contribution >= 0.6 is 0 Å². The van der Waals surface area contributed by atoms with E-state index < -0.39 is 0 Å². The van der Waals surface area contributed by atoms with Crippen LogP contribution in [0.25, 0.3) is 0 Å². The highest BCUT2D eigenvalue weighted by Gasteiger charge is 2.52. The van der Waals surface area contributed by atoms with E-state index in [4.69, 9.17) is 9.47 Å². The molecule has 1 amide bonds. The van der Waals surface area contributed by atoms with Crippen molar-refractivity contribution in [2.24, 2.45) is 11.3 Å². The zero-order valence-corrected chi connectivity index (χ0v) is 14.7. The lowest BCUT2D eigenvalue weighted by atomic mass is 9.82. The second kappa shape index (κ2) is 7.26. The number of carbonyl (C=O) groups excluding carboxylic acids is 1. The number of allylic oxidation sites excluding steroid dienone is 1. The third kappa shape index (κ3) is 3.48. The van der Waals surface area contributed by atoms with Crippen LogP contribution in [0.5, 0.6) is 0 Å². The van der Waals surface area contributed by atoms with Gasteiger partial charge in [-0.3, -0.25) is 9.78 Å². The number of likely N-dealkylation sites (tertiary alicyclic amines) is 1. The van der Waals surface area contributed by atoms with E-state index >= 15 is 0 Å². The molecule has 2 aliphatic heterocycles. The van der Waals surface area contributed by atoms with Gasteiger partial charge in [-0.15, -0.1) is 0 Å². The van der Waals surface area contributed by atoms with Crippen LogP contribution < -0.4 is 0 Å². The first kappa shape index (κ1) is 16.7. The largest absolute Gasteiger partial charge is 0.380 e. The van der Waals surface area contributed by atoms with Gasteiger partial charge >= 0.3 is 0 Å². The van der Waals surface area contributed by atoms with Crippen LogP contribution in [0.4, 0.5) is 0 Å². The molecule has 25 heavy (non-hydrogen) atoms. The number of rotatable bonds is 5. The van der Waals surface area contributed by atoms with E-state index in [-0.39, 0.29) is 11.3 Å². The van der Waals surface area contributed by atoms with Crippen molar-refractivity contribution >= 4 is 5.91 Å². The van der Waals surface area contributed by atoms with Crippen molar-refractivity contribution in [1.82, 2.24) is 9.88 Å². The van der Waals surface area contributed by atoms with Gasteiger partial charge in [0.1, 0.15) is 0 Å². The molecule has 2 saturated heterocycles. The lowest BCUT2D eigenvalue weighted by Gasteiger charge is -2.27. The number of ether oxygens (including phenoxy) is 2. The third-order valence-electron chi connectivity index (χ3n) is 5.78. The minimum absolute atomic E-state index is 0.0437. The van der Waals surface area contributed by atoms with Gasteiger partial charge in [0.25, 0.3) is 0 Å². The highest BCUT2D eigenvalue weighted by atomic mass is 16.5. The van der Waals surface area contributed by atoms with Gasteiger partial charge in [0.2, 0.25) is 5.91 Å². The molecule has 0 aromatic carbocycles. The Morgan fingerprint density at radius 3 is 3.04 bits per heavy atom. The molecule has 0 radical (unpaired) electrons. The quantitative estimate of drug-likeness (QED) is 0.825. The number of amides is 1. The maximum Gasteiger partial charge on any atom is 0.249 e. The average Bonchev–Trinajstić information content (AvgIpc) is 3.20. The Hall–Kier alpha value is -1.72. The molecular weight excluding hydrogens is 316 g/mol. The number of carbonyl (C=O) groups is 1. The van der Waals surface area contributed by atoms with Gasteiger partial charge < -0.3 is 14.4 Å². The average molecular weight is 342 g/mol. The summed E-state index contributed by atoms with van der Waals surface area (Å²) in [6.45, 7) is 4.20. The van der Waals surface area contributed by atoms with Crippen LogP contribution in [0.1, 0.15) is 31.2 Å². The molecule has 1 aromatic rings. The Morgan fingerprint density at radius 2 is 2.24 bits per heavy atom. The van der Waals surface area contributed by atoms with Gasteiger partial charge in [-0.2, -0.15) is 0 Å². The van der Waals surface area contributed by atoms with Crippen molar-refractivity contribution in [1.29, 1.82) is 0 Å². The fourth-order valence-electron chi connectivity index (χ4n) is 4.28. The monoisotopic (exact) mass is 342 g/mol. The molecule has 5 heteroatoms. The maximum atomic E-state index is 12.8. The Bertz CT molecular complexity index is 646. The first-order valence-corrected chi connectivity index (χ1v) is 9.30. The predicted octanol–water partition coefficient (Wildman–Crippen LogP) is 2.57. The number of hydrogen-bond acceptors (Lipinski definition) is 4. The smallest absolute Gasteiger partial charge is 0.249 e. The molecule has 3 aliphatic rings. The van der Waals surface area contributed by atoms with E-state index in [1.54, 1.807) is 12.4 Å². The molecule has 0 unspecified atom stereocenters. The first-order valence-electron chi connectivity index (χ1n) is 9.30. The zero-order chi connectivity index (χ0) is 17.1. The van der Waals surface area contributed by atoms with Gasteiger partial charge in [0.05, 0.1) is 26.4 Å². The van der Waals surface area contributed by atoms with Crippen LogP contribution in [-0.2, 0) is 20.9 Å². The Labute approximate surface area is 149 Å². The van der Waals surface area contributed by atoms with E-state index in [9.17, 15) is 4.79 Å². The SMILES string of the molecule is O=C(C1=CCCCC1)N1C[C@@H]2COC[C@]2(COCc2ccncc2)C1. The molecule has 2 fully saturated rings. The summed E-state index contributed by atoms with van der Waals surface area (Å²) in [6.07, 6.45) is 10.0. The molecule has 4 rings (SSSR count). The molecular formula is C20H26N2O3. The third-order valence-corrected chi connectivity index (χ3v) is 5.78. The van der Waals surface area contributed by atoms with Crippen LogP contribution in [0.15, 0.2) is 36.2 Å². The molecule has 0 saturated carbocycles. The fraction of sp³-hybridized carbons (Fsp3) is 0.600. The van der Waals surface area contributed by atoms with Crippen LogP contribution in [-0.4, -0.2) is 48.7 Å². The van der Waals surface area contributed by atoms with Gasteiger partial charge in [0.15, 0.2) is 0 Å². The molecule has 0 spiro atoms. The molecule has 3 heterocycles. The summed E-state index contributed by atoms with van der Waals surface area (Å²) in [5.74, 6) is 0.626.